The summed E-state index contributed by atoms with van der Waals surface area (Å²) in [6, 6.07) is 0. The molecule has 0 aromatic carbocycles. The third-order valence-corrected chi connectivity index (χ3v) is 3.48. The number of aryl methyl sites for hydroxylation is 1. The molecule has 2 N–H and O–H groups in total. The number of hydrogen-bond donors (Lipinski definition) is 1. The van der Waals surface area contributed by atoms with Gasteiger partial charge in [-0.2, -0.15) is 0 Å². The Bertz CT molecular complexity index is 385. The van der Waals surface area contributed by atoms with Crippen molar-refractivity contribution in [1.29, 1.82) is 0 Å². The van der Waals surface area contributed by atoms with Gasteiger partial charge in [0.15, 0.2) is 0 Å². The SMILES string of the molecule is CCCN1CCN(c2ncc(CN)c(C)n2)CC1. The van der Waals surface area contributed by atoms with Gasteiger partial charge >= 0.3 is 0 Å². The Balaban J connectivity index is 1.99. The highest BCUT2D eigenvalue weighted by atomic mass is 15.3. The molecule has 2 rings (SSSR count). The zero-order valence-electron chi connectivity index (χ0n) is 11.4. The first-order valence-corrected chi connectivity index (χ1v) is 6.74. The molecule has 0 aliphatic carbocycles. The van der Waals surface area contributed by atoms with Crippen LogP contribution in [0.25, 0.3) is 0 Å². The van der Waals surface area contributed by atoms with E-state index >= 15 is 0 Å². The number of anilines is 1. The van der Waals surface area contributed by atoms with E-state index in [-0.39, 0.29) is 0 Å². The molecule has 1 aliphatic rings. The van der Waals surface area contributed by atoms with Crippen molar-refractivity contribution in [2.45, 2.75) is 26.8 Å². The summed E-state index contributed by atoms with van der Waals surface area (Å²) in [5, 5.41) is 0. The number of hydrogen-bond acceptors (Lipinski definition) is 5. The molecule has 0 unspecified atom stereocenters. The van der Waals surface area contributed by atoms with Crippen molar-refractivity contribution in [2.75, 3.05) is 37.6 Å². The van der Waals surface area contributed by atoms with E-state index in [9.17, 15) is 0 Å². The Morgan fingerprint density at radius 2 is 2.00 bits per heavy atom. The minimum Gasteiger partial charge on any atom is -0.338 e. The maximum absolute atomic E-state index is 5.63. The van der Waals surface area contributed by atoms with Gasteiger partial charge in [0.1, 0.15) is 0 Å². The second kappa shape index (κ2) is 6.11. The molecule has 1 fully saturated rings. The lowest BCUT2D eigenvalue weighted by atomic mass is 10.2. The summed E-state index contributed by atoms with van der Waals surface area (Å²) in [6.07, 6.45) is 3.08. The van der Waals surface area contributed by atoms with Crippen molar-refractivity contribution >= 4 is 5.95 Å². The molecular formula is C13H23N5. The van der Waals surface area contributed by atoms with Crippen molar-refractivity contribution < 1.29 is 0 Å². The second-order valence-corrected chi connectivity index (χ2v) is 4.81. The summed E-state index contributed by atoms with van der Waals surface area (Å²) in [4.78, 5) is 13.7. The predicted octanol–water partition coefficient (Wildman–Crippen LogP) is 0.776. The van der Waals surface area contributed by atoms with E-state index in [0.717, 1.165) is 43.4 Å². The lowest BCUT2D eigenvalue weighted by Gasteiger charge is -2.34. The van der Waals surface area contributed by atoms with Gasteiger partial charge < -0.3 is 10.6 Å². The topological polar surface area (TPSA) is 58.3 Å². The third kappa shape index (κ3) is 2.97. The van der Waals surface area contributed by atoms with Crippen LogP contribution in [0.5, 0.6) is 0 Å². The molecular weight excluding hydrogens is 226 g/mol. The van der Waals surface area contributed by atoms with Crippen LogP contribution in [0.3, 0.4) is 0 Å². The lowest BCUT2D eigenvalue weighted by Crippen LogP contribution is -2.47. The van der Waals surface area contributed by atoms with Gasteiger partial charge in [0, 0.05) is 50.2 Å². The molecule has 0 saturated carbocycles. The summed E-state index contributed by atoms with van der Waals surface area (Å²) in [5.41, 5.74) is 7.66. The van der Waals surface area contributed by atoms with E-state index in [1.807, 2.05) is 13.1 Å². The zero-order valence-corrected chi connectivity index (χ0v) is 11.4. The number of rotatable bonds is 4. The van der Waals surface area contributed by atoms with Crippen LogP contribution in [-0.4, -0.2) is 47.6 Å². The summed E-state index contributed by atoms with van der Waals surface area (Å²) in [6.45, 7) is 10.2. The summed E-state index contributed by atoms with van der Waals surface area (Å²) in [7, 11) is 0. The Hall–Kier alpha value is -1.20. The van der Waals surface area contributed by atoms with Gasteiger partial charge in [-0.25, -0.2) is 9.97 Å². The average molecular weight is 249 g/mol. The van der Waals surface area contributed by atoms with Crippen LogP contribution in [0.15, 0.2) is 6.20 Å². The molecule has 0 spiro atoms. The minimum atomic E-state index is 0.510. The smallest absolute Gasteiger partial charge is 0.225 e. The molecule has 5 heteroatoms. The molecule has 2 heterocycles. The molecule has 0 amide bonds. The fourth-order valence-electron chi connectivity index (χ4n) is 2.32. The first-order chi connectivity index (χ1) is 8.74. The van der Waals surface area contributed by atoms with Gasteiger partial charge in [0.2, 0.25) is 5.95 Å². The molecule has 0 bridgehead atoms. The monoisotopic (exact) mass is 249 g/mol. The summed E-state index contributed by atoms with van der Waals surface area (Å²) in [5.74, 6) is 0.848. The molecule has 100 valence electrons. The van der Waals surface area contributed by atoms with Crippen molar-refractivity contribution in [2.24, 2.45) is 5.73 Å². The van der Waals surface area contributed by atoms with E-state index in [4.69, 9.17) is 5.73 Å². The van der Waals surface area contributed by atoms with Gasteiger partial charge in [-0.05, 0) is 19.9 Å². The van der Waals surface area contributed by atoms with E-state index in [2.05, 4.69) is 26.7 Å². The average Bonchev–Trinajstić information content (AvgIpc) is 2.40. The molecule has 1 saturated heterocycles. The van der Waals surface area contributed by atoms with Gasteiger partial charge in [-0.15, -0.1) is 0 Å². The first-order valence-electron chi connectivity index (χ1n) is 6.74. The quantitative estimate of drug-likeness (QED) is 0.854. The fraction of sp³-hybridized carbons (Fsp3) is 0.692. The highest BCUT2D eigenvalue weighted by Gasteiger charge is 2.18. The number of aromatic nitrogens is 2. The largest absolute Gasteiger partial charge is 0.338 e. The van der Waals surface area contributed by atoms with Crippen LogP contribution in [0.1, 0.15) is 24.6 Å². The number of nitrogens with zero attached hydrogens (tertiary/aromatic N) is 4. The number of piperazine rings is 1. The van der Waals surface area contributed by atoms with Gasteiger partial charge in [0.05, 0.1) is 0 Å². The summed E-state index contributed by atoms with van der Waals surface area (Å²) < 4.78 is 0. The van der Waals surface area contributed by atoms with Crippen molar-refractivity contribution in [1.82, 2.24) is 14.9 Å². The van der Waals surface area contributed by atoms with Crippen molar-refractivity contribution in [3.05, 3.63) is 17.5 Å². The van der Waals surface area contributed by atoms with Gasteiger partial charge in [-0.3, -0.25) is 4.90 Å². The first kappa shape index (κ1) is 13.2. The molecule has 5 nitrogen and oxygen atoms in total. The van der Waals surface area contributed by atoms with Crippen LogP contribution in [0.4, 0.5) is 5.95 Å². The fourth-order valence-corrected chi connectivity index (χ4v) is 2.32. The Labute approximate surface area is 109 Å². The minimum absolute atomic E-state index is 0.510. The maximum atomic E-state index is 5.63. The van der Waals surface area contributed by atoms with E-state index in [0.29, 0.717) is 6.54 Å². The third-order valence-electron chi connectivity index (χ3n) is 3.48. The molecule has 1 aromatic rings. The molecule has 18 heavy (non-hydrogen) atoms. The van der Waals surface area contributed by atoms with Crippen LogP contribution < -0.4 is 10.6 Å². The Morgan fingerprint density at radius 3 is 2.56 bits per heavy atom. The second-order valence-electron chi connectivity index (χ2n) is 4.81. The van der Waals surface area contributed by atoms with Crippen LogP contribution in [0.2, 0.25) is 0 Å². The van der Waals surface area contributed by atoms with Crippen molar-refractivity contribution in [3.63, 3.8) is 0 Å². The van der Waals surface area contributed by atoms with Crippen LogP contribution in [0, 0.1) is 6.92 Å². The predicted molar refractivity (Wildman–Crippen MR) is 73.6 cm³/mol. The van der Waals surface area contributed by atoms with Crippen molar-refractivity contribution in [3.8, 4) is 0 Å². The van der Waals surface area contributed by atoms with E-state index in [1.165, 1.54) is 13.0 Å². The highest BCUT2D eigenvalue weighted by Crippen LogP contribution is 2.13. The highest BCUT2D eigenvalue weighted by molar-refractivity contribution is 5.33. The number of nitrogens with two attached hydrogens (primary N) is 1. The molecule has 1 aromatic heterocycles. The molecule has 0 radical (unpaired) electrons. The standard InChI is InChI=1S/C13H23N5/c1-3-4-17-5-7-18(8-6-17)13-15-10-12(9-14)11(2)16-13/h10H,3-9,14H2,1-2H3. The zero-order chi connectivity index (χ0) is 13.0. The Morgan fingerprint density at radius 1 is 1.28 bits per heavy atom. The summed E-state index contributed by atoms with van der Waals surface area (Å²) >= 11 is 0. The molecule has 1 aliphatic heterocycles. The lowest BCUT2D eigenvalue weighted by molar-refractivity contribution is 0.257. The normalized spacial score (nSPS) is 17.2. The van der Waals surface area contributed by atoms with Crippen LogP contribution >= 0.6 is 0 Å². The van der Waals surface area contributed by atoms with Gasteiger partial charge in [0.25, 0.3) is 0 Å². The van der Waals surface area contributed by atoms with Gasteiger partial charge in [-0.1, -0.05) is 6.92 Å². The Kier molecular flexibility index (Phi) is 4.49. The maximum Gasteiger partial charge on any atom is 0.225 e. The molecule has 0 atom stereocenters. The van der Waals surface area contributed by atoms with E-state index in [1.54, 1.807) is 0 Å². The van der Waals surface area contributed by atoms with E-state index < -0.39 is 0 Å². The van der Waals surface area contributed by atoms with Crippen LogP contribution in [-0.2, 0) is 6.54 Å².